The van der Waals surface area contributed by atoms with E-state index in [9.17, 15) is 14.4 Å². The van der Waals surface area contributed by atoms with Crippen LogP contribution in [0.1, 0.15) is 44.3 Å². The molecule has 1 aromatic carbocycles. The summed E-state index contributed by atoms with van der Waals surface area (Å²) in [5.74, 6) is -1.83. The van der Waals surface area contributed by atoms with Crippen molar-refractivity contribution in [2.45, 2.75) is 50.8 Å². The third kappa shape index (κ3) is 10.5. The number of aliphatic hydroxyl groups is 1. The maximum atomic E-state index is 13.1. The van der Waals surface area contributed by atoms with E-state index in [1.54, 1.807) is 19.1 Å². The molecule has 0 fully saturated rings. The van der Waals surface area contributed by atoms with Crippen LogP contribution in [0.5, 0.6) is 0 Å². The van der Waals surface area contributed by atoms with Crippen LogP contribution in [0.25, 0.3) is 0 Å². The fourth-order valence-corrected chi connectivity index (χ4v) is 3.22. The van der Waals surface area contributed by atoms with Gasteiger partial charge in [0.2, 0.25) is 11.8 Å². The second kappa shape index (κ2) is 15.8. The van der Waals surface area contributed by atoms with Crippen LogP contribution in [0.4, 0.5) is 0 Å². The van der Waals surface area contributed by atoms with Crippen LogP contribution in [0.3, 0.4) is 0 Å². The first-order valence-electron chi connectivity index (χ1n) is 11.0. The normalized spacial score (nSPS) is 14.3. The number of esters is 1. The molecule has 0 aromatic heterocycles. The molecule has 0 aliphatic heterocycles. The molecule has 8 nitrogen and oxygen atoms in total. The zero-order valence-electron chi connectivity index (χ0n) is 19.5. The zero-order chi connectivity index (χ0) is 24.6. The average molecular weight is 461 g/mol. The summed E-state index contributed by atoms with van der Waals surface area (Å²) in [5, 5.41) is 14.7. The van der Waals surface area contributed by atoms with Crippen LogP contribution in [0.2, 0.25) is 0 Å². The lowest BCUT2D eigenvalue weighted by atomic mass is 9.97. The van der Waals surface area contributed by atoms with E-state index in [1.165, 1.54) is 7.11 Å². The highest BCUT2D eigenvalue weighted by molar-refractivity contribution is 5.86. The number of carbonyl (C=O) groups excluding carboxylic acids is 3. The molecule has 0 saturated heterocycles. The molecule has 1 rings (SSSR count). The Bertz CT molecular complexity index is 767. The van der Waals surface area contributed by atoms with Crippen LogP contribution in [0.15, 0.2) is 55.6 Å². The molecular weight excluding hydrogens is 424 g/mol. The Balaban J connectivity index is 3.06. The Labute approximate surface area is 196 Å². The van der Waals surface area contributed by atoms with Gasteiger partial charge in [0.25, 0.3) is 0 Å². The minimum atomic E-state index is -0.778. The molecule has 0 unspecified atom stereocenters. The number of hydrogen-bond acceptors (Lipinski definition) is 6. The maximum absolute atomic E-state index is 13.1. The van der Waals surface area contributed by atoms with Gasteiger partial charge in [-0.25, -0.2) is 0 Å². The molecule has 1 aromatic rings. The lowest BCUT2D eigenvalue weighted by molar-refractivity contribution is -0.153. The van der Waals surface area contributed by atoms with Crippen molar-refractivity contribution < 1.29 is 29.0 Å². The van der Waals surface area contributed by atoms with Crippen molar-refractivity contribution in [2.24, 2.45) is 5.92 Å². The van der Waals surface area contributed by atoms with Crippen molar-refractivity contribution in [3.05, 3.63) is 61.2 Å². The quantitative estimate of drug-likeness (QED) is 0.258. The Hall–Kier alpha value is -2.97. The van der Waals surface area contributed by atoms with Gasteiger partial charge in [-0.3, -0.25) is 14.4 Å². The molecule has 0 aliphatic rings. The summed E-state index contributed by atoms with van der Waals surface area (Å²) in [6.07, 6.45) is 3.28. The number of rotatable bonds is 16. The van der Waals surface area contributed by atoms with Gasteiger partial charge >= 0.3 is 5.97 Å². The largest absolute Gasteiger partial charge is 0.455 e. The molecule has 0 heterocycles. The molecule has 0 aliphatic carbocycles. The van der Waals surface area contributed by atoms with Gasteiger partial charge in [0, 0.05) is 26.0 Å². The number of hydrogen-bond donors (Lipinski definition) is 3. The molecule has 3 N–H and O–H groups in total. The summed E-state index contributed by atoms with van der Waals surface area (Å²) in [7, 11) is 1.49. The molecule has 33 heavy (non-hydrogen) atoms. The summed E-state index contributed by atoms with van der Waals surface area (Å²) < 4.78 is 11.0. The summed E-state index contributed by atoms with van der Waals surface area (Å²) in [6, 6.07) is 8.01. The number of aliphatic hydroxyl groups excluding tert-OH is 1. The highest BCUT2D eigenvalue weighted by atomic mass is 16.5. The average Bonchev–Trinajstić information content (AvgIpc) is 2.81. The predicted molar refractivity (Wildman–Crippen MR) is 126 cm³/mol. The Kier molecular flexibility index (Phi) is 13.4. The summed E-state index contributed by atoms with van der Waals surface area (Å²) >= 11 is 0. The van der Waals surface area contributed by atoms with Crippen molar-refractivity contribution in [3.63, 3.8) is 0 Å². The fraction of sp³-hybridized carbons (Fsp3) is 0.480. The zero-order valence-corrected chi connectivity index (χ0v) is 19.5. The smallest absolute Gasteiger partial charge is 0.306 e. The number of carbonyl (C=O) groups is 3. The topological polar surface area (TPSA) is 114 Å². The first-order valence-corrected chi connectivity index (χ1v) is 11.0. The summed E-state index contributed by atoms with van der Waals surface area (Å²) in [5.41, 5.74) is 0.710. The van der Waals surface area contributed by atoms with Gasteiger partial charge < -0.3 is 25.2 Å². The molecule has 0 bridgehead atoms. The molecule has 8 heteroatoms. The van der Waals surface area contributed by atoms with E-state index in [1.807, 2.05) is 30.3 Å². The summed E-state index contributed by atoms with van der Waals surface area (Å²) in [6.45, 7) is 8.86. The minimum Gasteiger partial charge on any atom is -0.455 e. The van der Waals surface area contributed by atoms with E-state index in [0.717, 1.165) is 0 Å². The molecule has 0 saturated carbocycles. The lowest BCUT2D eigenvalue weighted by Crippen LogP contribution is -2.47. The number of nitrogens with one attached hydrogen (secondary N) is 2. The van der Waals surface area contributed by atoms with Crippen LogP contribution in [-0.4, -0.2) is 55.3 Å². The van der Waals surface area contributed by atoms with Crippen LogP contribution in [0, 0.1) is 5.92 Å². The number of methoxy groups -OCH3 is 1. The molecule has 0 spiro atoms. The van der Waals surface area contributed by atoms with Crippen LogP contribution < -0.4 is 10.6 Å². The molecular formula is C25H36N2O6. The minimum absolute atomic E-state index is 0.0724. The monoisotopic (exact) mass is 460 g/mol. The number of ether oxygens (including phenoxy) is 2. The summed E-state index contributed by atoms with van der Waals surface area (Å²) in [4.78, 5) is 37.8. The predicted octanol–water partition coefficient (Wildman–Crippen LogP) is 2.45. The van der Waals surface area contributed by atoms with Gasteiger partial charge in [0.1, 0.15) is 6.10 Å². The first-order chi connectivity index (χ1) is 15.9. The molecule has 182 valence electrons. The van der Waals surface area contributed by atoms with Crippen molar-refractivity contribution in [3.8, 4) is 0 Å². The van der Waals surface area contributed by atoms with Crippen molar-refractivity contribution in [2.75, 3.05) is 20.3 Å². The molecule has 2 amide bonds. The van der Waals surface area contributed by atoms with E-state index in [4.69, 9.17) is 14.6 Å². The van der Waals surface area contributed by atoms with Crippen LogP contribution in [-0.2, 0) is 23.9 Å². The highest BCUT2D eigenvalue weighted by Crippen LogP contribution is 2.24. The van der Waals surface area contributed by atoms with Gasteiger partial charge in [-0.05, 0) is 25.3 Å². The van der Waals surface area contributed by atoms with E-state index in [2.05, 4.69) is 23.8 Å². The first kappa shape index (κ1) is 28.1. The van der Waals surface area contributed by atoms with Gasteiger partial charge in [-0.15, -0.1) is 13.2 Å². The Morgan fingerprint density at radius 1 is 1.12 bits per heavy atom. The second-order valence-corrected chi connectivity index (χ2v) is 7.80. The van der Waals surface area contributed by atoms with Crippen molar-refractivity contribution in [1.29, 1.82) is 0 Å². The van der Waals surface area contributed by atoms with E-state index in [0.29, 0.717) is 12.0 Å². The van der Waals surface area contributed by atoms with Gasteiger partial charge in [0.15, 0.2) is 0 Å². The number of amides is 2. The van der Waals surface area contributed by atoms with E-state index < -0.39 is 30.1 Å². The SMILES string of the molecule is C=CCCC(=O)O[C@@H](c1ccccc1)[C@H](COC)NC(=O)[C@@H](CC=C)CC(=O)N[C@@H](C)CO. The van der Waals surface area contributed by atoms with Gasteiger partial charge in [0.05, 0.1) is 25.2 Å². The standard InChI is InChI=1S/C25H36N2O6/c1-5-7-14-23(30)33-24(19-12-9-8-10-13-19)21(17-32-4)27-25(31)20(11-6-2)15-22(29)26-18(3)16-28/h5-6,8-10,12-13,18,20-21,24,28H,1-2,7,11,14-17H2,3-4H3,(H,26,29)(H,27,31)/t18-,20-,21-,24-/m0/s1. The number of benzene rings is 1. The fourth-order valence-electron chi connectivity index (χ4n) is 3.22. The van der Waals surface area contributed by atoms with Gasteiger partial charge in [-0.1, -0.05) is 42.5 Å². The van der Waals surface area contributed by atoms with E-state index >= 15 is 0 Å². The Morgan fingerprint density at radius 2 is 1.82 bits per heavy atom. The maximum Gasteiger partial charge on any atom is 0.306 e. The second-order valence-electron chi connectivity index (χ2n) is 7.80. The number of allylic oxidation sites excluding steroid dienone is 2. The third-order valence-corrected chi connectivity index (χ3v) is 4.91. The third-order valence-electron chi connectivity index (χ3n) is 4.91. The highest BCUT2D eigenvalue weighted by Gasteiger charge is 2.31. The Morgan fingerprint density at radius 3 is 2.39 bits per heavy atom. The molecule has 4 atom stereocenters. The van der Waals surface area contributed by atoms with Crippen LogP contribution >= 0.6 is 0 Å². The van der Waals surface area contributed by atoms with Gasteiger partial charge in [-0.2, -0.15) is 0 Å². The van der Waals surface area contributed by atoms with Crippen molar-refractivity contribution in [1.82, 2.24) is 10.6 Å². The molecule has 0 radical (unpaired) electrons. The van der Waals surface area contributed by atoms with E-state index in [-0.39, 0.29) is 44.3 Å². The van der Waals surface area contributed by atoms with Crippen molar-refractivity contribution >= 4 is 17.8 Å². The lowest BCUT2D eigenvalue weighted by Gasteiger charge is -2.29.